The Morgan fingerprint density at radius 2 is 2.05 bits per heavy atom. The summed E-state index contributed by atoms with van der Waals surface area (Å²) in [7, 11) is 0. The third kappa shape index (κ3) is 4.52. The van der Waals surface area contributed by atoms with Crippen molar-refractivity contribution in [2.45, 2.75) is 26.3 Å². The summed E-state index contributed by atoms with van der Waals surface area (Å²) in [6, 6.07) is 2.57. The summed E-state index contributed by atoms with van der Waals surface area (Å²) in [5.41, 5.74) is -0.223. The fraction of sp³-hybridized carbons (Fsp3) is 0.385. The van der Waals surface area contributed by atoms with Crippen LogP contribution in [0.25, 0.3) is 0 Å². The first-order valence-electron chi connectivity index (χ1n) is 5.80. The zero-order chi connectivity index (χ0) is 14.6. The van der Waals surface area contributed by atoms with Gasteiger partial charge in [-0.25, -0.2) is 9.18 Å². The van der Waals surface area contributed by atoms with Gasteiger partial charge < -0.3 is 10.4 Å². The zero-order valence-corrected chi connectivity index (χ0v) is 11.4. The predicted octanol–water partition coefficient (Wildman–Crippen LogP) is 2.71. The summed E-state index contributed by atoms with van der Waals surface area (Å²) in [5.74, 6) is -2.59. The Bertz CT molecular complexity index is 491. The molecule has 104 valence electrons. The number of amides is 1. The smallest absolute Gasteiger partial charge is 0.326 e. The third-order valence-corrected chi connectivity index (χ3v) is 2.72. The highest BCUT2D eigenvalue weighted by molar-refractivity contribution is 6.30. The summed E-state index contributed by atoms with van der Waals surface area (Å²) >= 11 is 5.58. The lowest BCUT2D eigenvalue weighted by Crippen LogP contribution is -2.41. The SMILES string of the molecule is CC(C)C[C@@H](NC(=O)c1ccc(Cl)cc1F)C(=O)O. The predicted molar refractivity (Wildman–Crippen MR) is 69.8 cm³/mol. The van der Waals surface area contributed by atoms with Gasteiger partial charge in [0.25, 0.3) is 5.91 Å². The molecule has 4 nitrogen and oxygen atoms in total. The van der Waals surface area contributed by atoms with Crippen molar-refractivity contribution < 1.29 is 19.1 Å². The molecule has 0 aliphatic carbocycles. The molecule has 1 rings (SSSR count). The van der Waals surface area contributed by atoms with Crippen molar-refractivity contribution in [3.05, 3.63) is 34.6 Å². The number of carbonyl (C=O) groups excluding carboxylic acids is 1. The highest BCUT2D eigenvalue weighted by Crippen LogP contribution is 2.15. The van der Waals surface area contributed by atoms with Crippen LogP contribution in [0.5, 0.6) is 0 Å². The summed E-state index contributed by atoms with van der Waals surface area (Å²) in [6.07, 6.45) is 0.274. The number of carboxylic acid groups (broad SMARTS) is 1. The topological polar surface area (TPSA) is 66.4 Å². The lowest BCUT2D eigenvalue weighted by molar-refractivity contribution is -0.139. The van der Waals surface area contributed by atoms with Crippen LogP contribution in [-0.2, 0) is 4.79 Å². The van der Waals surface area contributed by atoms with E-state index in [4.69, 9.17) is 16.7 Å². The van der Waals surface area contributed by atoms with Crippen LogP contribution in [0.3, 0.4) is 0 Å². The van der Waals surface area contributed by atoms with E-state index in [2.05, 4.69) is 5.32 Å². The summed E-state index contributed by atoms with van der Waals surface area (Å²) < 4.78 is 13.5. The maximum Gasteiger partial charge on any atom is 0.326 e. The molecule has 0 fully saturated rings. The molecule has 0 saturated heterocycles. The first kappa shape index (κ1) is 15.4. The fourth-order valence-electron chi connectivity index (χ4n) is 1.60. The van der Waals surface area contributed by atoms with E-state index in [9.17, 15) is 14.0 Å². The van der Waals surface area contributed by atoms with Crippen LogP contribution in [0.15, 0.2) is 18.2 Å². The Hall–Kier alpha value is -1.62. The van der Waals surface area contributed by atoms with Crippen LogP contribution in [0, 0.1) is 11.7 Å². The second-order valence-electron chi connectivity index (χ2n) is 4.62. The van der Waals surface area contributed by atoms with Crippen molar-refractivity contribution in [1.82, 2.24) is 5.32 Å². The molecule has 0 radical (unpaired) electrons. The normalized spacial score (nSPS) is 12.3. The highest BCUT2D eigenvalue weighted by atomic mass is 35.5. The molecular weight excluding hydrogens is 273 g/mol. The Morgan fingerprint density at radius 3 is 2.53 bits per heavy atom. The van der Waals surface area contributed by atoms with Crippen molar-refractivity contribution in [3.8, 4) is 0 Å². The first-order valence-corrected chi connectivity index (χ1v) is 6.17. The second kappa shape index (κ2) is 6.52. The Labute approximate surface area is 115 Å². The molecule has 6 heteroatoms. The van der Waals surface area contributed by atoms with E-state index in [1.165, 1.54) is 12.1 Å². The fourth-order valence-corrected chi connectivity index (χ4v) is 1.76. The van der Waals surface area contributed by atoms with E-state index < -0.39 is 23.7 Å². The van der Waals surface area contributed by atoms with E-state index in [0.29, 0.717) is 0 Å². The molecule has 0 saturated carbocycles. The van der Waals surface area contributed by atoms with Gasteiger partial charge in [0.15, 0.2) is 0 Å². The summed E-state index contributed by atoms with van der Waals surface area (Å²) in [4.78, 5) is 22.8. The van der Waals surface area contributed by atoms with E-state index in [-0.39, 0.29) is 22.9 Å². The van der Waals surface area contributed by atoms with Crippen molar-refractivity contribution in [3.63, 3.8) is 0 Å². The van der Waals surface area contributed by atoms with Crippen molar-refractivity contribution in [1.29, 1.82) is 0 Å². The number of benzene rings is 1. The van der Waals surface area contributed by atoms with Crippen LogP contribution in [0.4, 0.5) is 4.39 Å². The summed E-state index contributed by atoms with van der Waals surface area (Å²) in [5, 5.41) is 11.5. The lowest BCUT2D eigenvalue weighted by Gasteiger charge is -2.16. The monoisotopic (exact) mass is 287 g/mol. The van der Waals surface area contributed by atoms with Crippen LogP contribution in [-0.4, -0.2) is 23.0 Å². The molecular formula is C13H15ClFNO3. The van der Waals surface area contributed by atoms with Crippen LogP contribution in [0.2, 0.25) is 5.02 Å². The lowest BCUT2D eigenvalue weighted by atomic mass is 10.0. The minimum atomic E-state index is -1.14. The highest BCUT2D eigenvalue weighted by Gasteiger charge is 2.23. The molecule has 1 aromatic carbocycles. The minimum absolute atomic E-state index is 0.0939. The molecule has 2 N–H and O–H groups in total. The van der Waals surface area contributed by atoms with Gasteiger partial charge in [-0.05, 0) is 30.5 Å². The second-order valence-corrected chi connectivity index (χ2v) is 5.05. The minimum Gasteiger partial charge on any atom is -0.480 e. The molecule has 0 unspecified atom stereocenters. The quantitative estimate of drug-likeness (QED) is 0.875. The molecule has 0 bridgehead atoms. The number of hydrogen-bond acceptors (Lipinski definition) is 2. The molecule has 0 aromatic heterocycles. The number of nitrogens with one attached hydrogen (secondary N) is 1. The molecule has 0 heterocycles. The van der Waals surface area contributed by atoms with Gasteiger partial charge in [0.05, 0.1) is 5.56 Å². The van der Waals surface area contributed by atoms with Gasteiger partial charge >= 0.3 is 5.97 Å². The van der Waals surface area contributed by atoms with Crippen LogP contribution >= 0.6 is 11.6 Å². The molecule has 0 spiro atoms. The number of hydrogen-bond donors (Lipinski definition) is 2. The molecule has 1 aromatic rings. The number of carbonyl (C=O) groups is 2. The number of rotatable bonds is 5. The van der Waals surface area contributed by atoms with Crippen LogP contribution in [0.1, 0.15) is 30.6 Å². The molecule has 0 aliphatic rings. The Kier molecular flexibility index (Phi) is 5.30. The Morgan fingerprint density at radius 1 is 1.42 bits per heavy atom. The number of halogens is 2. The van der Waals surface area contributed by atoms with E-state index in [1.54, 1.807) is 0 Å². The summed E-state index contributed by atoms with van der Waals surface area (Å²) in [6.45, 7) is 3.68. The first-order chi connectivity index (χ1) is 8.81. The van der Waals surface area contributed by atoms with Gasteiger partial charge in [0.1, 0.15) is 11.9 Å². The van der Waals surface area contributed by atoms with Gasteiger partial charge in [-0.1, -0.05) is 25.4 Å². The third-order valence-electron chi connectivity index (χ3n) is 2.49. The van der Waals surface area contributed by atoms with Gasteiger partial charge in [-0.15, -0.1) is 0 Å². The molecule has 0 aliphatic heterocycles. The van der Waals surface area contributed by atoms with Gasteiger partial charge in [-0.2, -0.15) is 0 Å². The van der Waals surface area contributed by atoms with Crippen LogP contribution < -0.4 is 5.32 Å². The maximum atomic E-state index is 13.5. The van der Waals surface area contributed by atoms with Crippen molar-refractivity contribution >= 4 is 23.5 Å². The number of aliphatic carboxylic acids is 1. The molecule has 1 amide bonds. The largest absolute Gasteiger partial charge is 0.480 e. The average molecular weight is 288 g/mol. The maximum absolute atomic E-state index is 13.5. The van der Waals surface area contributed by atoms with Crippen molar-refractivity contribution in [2.24, 2.45) is 5.92 Å². The Balaban J connectivity index is 2.84. The number of carboxylic acids is 1. The van der Waals surface area contributed by atoms with Gasteiger partial charge in [0, 0.05) is 5.02 Å². The van der Waals surface area contributed by atoms with Gasteiger partial charge in [-0.3, -0.25) is 4.79 Å². The van der Waals surface area contributed by atoms with E-state index >= 15 is 0 Å². The van der Waals surface area contributed by atoms with E-state index in [1.807, 2.05) is 13.8 Å². The molecule has 19 heavy (non-hydrogen) atoms. The van der Waals surface area contributed by atoms with Crippen molar-refractivity contribution in [2.75, 3.05) is 0 Å². The van der Waals surface area contributed by atoms with Gasteiger partial charge in [0.2, 0.25) is 0 Å². The van der Waals surface area contributed by atoms with E-state index in [0.717, 1.165) is 6.07 Å². The molecule has 1 atom stereocenters. The average Bonchev–Trinajstić information content (AvgIpc) is 2.26. The standard InChI is InChI=1S/C13H15ClFNO3/c1-7(2)5-11(13(18)19)16-12(17)9-4-3-8(14)6-10(9)15/h3-4,6-7,11H,5H2,1-2H3,(H,16,17)(H,18,19)/t11-/m1/s1. The zero-order valence-electron chi connectivity index (χ0n) is 10.6.